The first-order valence-electron chi connectivity index (χ1n) is 7.65. The van der Waals surface area contributed by atoms with Crippen LogP contribution in [0.3, 0.4) is 0 Å². The number of nitrogens with zero attached hydrogens (tertiary/aromatic N) is 1. The Balaban J connectivity index is 2.09. The minimum atomic E-state index is -0.983. The van der Waals surface area contributed by atoms with Gasteiger partial charge in [-0.05, 0) is 17.5 Å². The highest BCUT2D eigenvalue weighted by Crippen LogP contribution is 2.30. The molecule has 23 heavy (non-hydrogen) atoms. The summed E-state index contributed by atoms with van der Waals surface area (Å²) in [6.45, 7) is 2.26. The van der Waals surface area contributed by atoms with Gasteiger partial charge in [-0.1, -0.05) is 25.1 Å². The summed E-state index contributed by atoms with van der Waals surface area (Å²) in [7, 11) is 3.13. The summed E-state index contributed by atoms with van der Waals surface area (Å²) >= 11 is 0. The molecule has 0 spiro atoms. The van der Waals surface area contributed by atoms with Crippen molar-refractivity contribution in [3.8, 4) is 5.75 Å². The number of amides is 1. The van der Waals surface area contributed by atoms with Gasteiger partial charge in [0.05, 0.1) is 13.2 Å². The average Bonchev–Trinajstić information content (AvgIpc) is 2.99. The molecule has 1 aromatic carbocycles. The predicted octanol–water partition coefficient (Wildman–Crippen LogP) is 1.89. The maximum Gasteiger partial charge on any atom is 0.326 e. The molecule has 6 heteroatoms. The fraction of sp³-hybridized carbons (Fsp3) is 0.529. The summed E-state index contributed by atoms with van der Waals surface area (Å²) in [5, 5.41) is 9.31. The highest BCUT2D eigenvalue weighted by Gasteiger charge is 2.40. The molecular weight excluding hydrogens is 298 g/mol. The molecular formula is C17H23NO5. The van der Waals surface area contributed by atoms with Crippen molar-refractivity contribution in [2.45, 2.75) is 37.8 Å². The van der Waals surface area contributed by atoms with E-state index in [1.165, 1.54) is 12.0 Å². The number of carboxylic acid groups (broad SMARTS) is 1. The average molecular weight is 321 g/mol. The van der Waals surface area contributed by atoms with Crippen molar-refractivity contribution in [1.82, 2.24) is 4.90 Å². The van der Waals surface area contributed by atoms with E-state index < -0.39 is 12.0 Å². The number of methoxy groups -OCH3 is 2. The number of ether oxygens (including phenoxy) is 2. The van der Waals surface area contributed by atoms with Gasteiger partial charge in [0.25, 0.3) is 0 Å². The standard InChI is InChI=1S/C17H23NO5/c1-11(13-6-4-5-7-15(13)23-3)8-16(19)18-10-12(22-2)9-14(18)17(20)21/h4-7,11-12,14H,8-10H2,1-3H3,(H,20,21). The lowest BCUT2D eigenvalue weighted by molar-refractivity contribution is -0.148. The summed E-state index contributed by atoms with van der Waals surface area (Å²) in [6.07, 6.45) is 0.350. The van der Waals surface area contributed by atoms with Crippen molar-refractivity contribution in [3.63, 3.8) is 0 Å². The number of carbonyl (C=O) groups excluding carboxylic acids is 1. The molecule has 1 saturated heterocycles. The number of carboxylic acids is 1. The second-order valence-electron chi connectivity index (χ2n) is 5.84. The maximum absolute atomic E-state index is 12.6. The normalized spacial score (nSPS) is 22.0. The van der Waals surface area contributed by atoms with Gasteiger partial charge in [0.1, 0.15) is 11.8 Å². The number of carbonyl (C=O) groups is 2. The monoisotopic (exact) mass is 321 g/mol. The first-order chi connectivity index (χ1) is 11.0. The van der Waals surface area contributed by atoms with Crippen LogP contribution in [0, 0.1) is 0 Å². The molecule has 0 saturated carbocycles. The van der Waals surface area contributed by atoms with E-state index in [1.54, 1.807) is 7.11 Å². The Labute approximate surface area is 136 Å². The summed E-state index contributed by atoms with van der Waals surface area (Å²) < 4.78 is 10.5. The van der Waals surface area contributed by atoms with Crippen LogP contribution in [0.25, 0.3) is 0 Å². The Hall–Kier alpha value is -2.08. The van der Waals surface area contributed by atoms with Gasteiger partial charge < -0.3 is 19.5 Å². The van der Waals surface area contributed by atoms with Crippen molar-refractivity contribution in [1.29, 1.82) is 0 Å². The van der Waals surface area contributed by atoms with Crippen molar-refractivity contribution in [3.05, 3.63) is 29.8 Å². The van der Waals surface area contributed by atoms with Crippen LogP contribution in [-0.4, -0.2) is 54.8 Å². The van der Waals surface area contributed by atoms with Gasteiger partial charge in [0.15, 0.2) is 0 Å². The number of benzene rings is 1. The number of rotatable bonds is 6. The van der Waals surface area contributed by atoms with Crippen LogP contribution >= 0.6 is 0 Å². The lowest BCUT2D eigenvalue weighted by Gasteiger charge is -2.23. The van der Waals surface area contributed by atoms with Gasteiger partial charge in [0.2, 0.25) is 5.91 Å². The molecule has 1 heterocycles. The first-order valence-corrected chi connectivity index (χ1v) is 7.65. The molecule has 1 fully saturated rings. The Morgan fingerprint density at radius 3 is 2.65 bits per heavy atom. The summed E-state index contributed by atoms with van der Waals surface area (Å²) in [4.78, 5) is 25.4. The fourth-order valence-electron chi connectivity index (χ4n) is 3.04. The molecule has 6 nitrogen and oxygen atoms in total. The number of likely N-dealkylation sites (tertiary alicyclic amines) is 1. The van der Waals surface area contributed by atoms with Gasteiger partial charge >= 0.3 is 5.97 Å². The highest BCUT2D eigenvalue weighted by atomic mass is 16.5. The Kier molecular flexibility index (Phi) is 5.60. The molecule has 1 aliphatic heterocycles. The smallest absolute Gasteiger partial charge is 0.326 e. The van der Waals surface area contributed by atoms with Crippen LogP contribution in [0.2, 0.25) is 0 Å². The molecule has 3 unspecified atom stereocenters. The van der Waals surface area contributed by atoms with Crippen LogP contribution in [0.4, 0.5) is 0 Å². The van der Waals surface area contributed by atoms with Crippen LogP contribution < -0.4 is 4.74 Å². The quantitative estimate of drug-likeness (QED) is 0.866. The largest absolute Gasteiger partial charge is 0.496 e. The molecule has 0 bridgehead atoms. The summed E-state index contributed by atoms with van der Waals surface area (Å²) in [5.41, 5.74) is 0.942. The van der Waals surface area contributed by atoms with Crippen molar-refractivity contribution in [2.75, 3.05) is 20.8 Å². The number of hydrogen-bond donors (Lipinski definition) is 1. The van der Waals surface area contributed by atoms with Crippen molar-refractivity contribution < 1.29 is 24.2 Å². The molecule has 0 radical (unpaired) electrons. The zero-order valence-corrected chi connectivity index (χ0v) is 13.7. The van der Waals surface area contributed by atoms with Crippen LogP contribution in [0.15, 0.2) is 24.3 Å². The zero-order valence-electron chi connectivity index (χ0n) is 13.7. The topological polar surface area (TPSA) is 76.1 Å². The number of aliphatic carboxylic acids is 1. The lowest BCUT2D eigenvalue weighted by atomic mass is 9.96. The third-order valence-corrected chi connectivity index (χ3v) is 4.35. The van der Waals surface area contributed by atoms with E-state index in [1.807, 2.05) is 31.2 Å². The maximum atomic E-state index is 12.6. The Morgan fingerprint density at radius 2 is 2.04 bits per heavy atom. The van der Waals surface area contributed by atoms with E-state index in [0.29, 0.717) is 13.0 Å². The molecule has 1 aliphatic rings. The van der Waals surface area contributed by atoms with E-state index in [4.69, 9.17) is 9.47 Å². The SMILES string of the molecule is COc1ccccc1C(C)CC(=O)N1CC(OC)CC1C(=O)O. The van der Waals surface area contributed by atoms with E-state index in [9.17, 15) is 14.7 Å². The third-order valence-electron chi connectivity index (χ3n) is 4.35. The van der Waals surface area contributed by atoms with E-state index in [0.717, 1.165) is 11.3 Å². The molecule has 1 aromatic rings. The van der Waals surface area contributed by atoms with Gasteiger partial charge in [-0.15, -0.1) is 0 Å². The molecule has 3 atom stereocenters. The summed E-state index contributed by atoms with van der Waals surface area (Å²) in [5.74, 6) is -0.480. The Morgan fingerprint density at radius 1 is 1.35 bits per heavy atom. The minimum absolute atomic E-state index is 0.0605. The molecule has 0 aliphatic carbocycles. The molecule has 126 valence electrons. The third kappa shape index (κ3) is 3.82. The van der Waals surface area contributed by atoms with Crippen LogP contribution in [-0.2, 0) is 14.3 Å². The number of hydrogen-bond acceptors (Lipinski definition) is 4. The van der Waals surface area contributed by atoms with Gasteiger partial charge in [0, 0.05) is 26.5 Å². The molecule has 0 aromatic heterocycles. The van der Waals surface area contributed by atoms with E-state index in [2.05, 4.69) is 0 Å². The number of para-hydroxylation sites is 1. The zero-order chi connectivity index (χ0) is 17.0. The summed E-state index contributed by atoms with van der Waals surface area (Å²) in [6, 6.07) is 6.74. The second-order valence-corrected chi connectivity index (χ2v) is 5.84. The molecule has 1 N–H and O–H groups in total. The van der Waals surface area contributed by atoms with Crippen LogP contribution in [0.1, 0.15) is 31.2 Å². The predicted molar refractivity (Wildman–Crippen MR) is 84.6 cm³/mol. The minimum Gasteiger partial charge on any atom is -0.496 e. The van der Waals surface area contributed by atoms with Gasteiger partial charge in [-0.2, -0.15) is 0 Å². The van der Waals surface area contributed by atoms with Gasteiger partial charge in [-0.25, -0.2) is 4.79 Å². The van der Waals surface area contributed by atoms with Crippen molar-refractivity contribution in [2.24, 2.45) is 0 Å². The lowest BCUT2D eigenvalue weighted by Crippen LogP contribution is -2.41. The Bertz CT molecular complexity index is 574. The van der Waals surface area contributed by atoms with Gasteiger partial charge in [-0.3, -0.25) is 4.79 Å². The fourth-order valence-corrected chi connectivity index (χ4v) is 3.04. The first kappa shape index (κ1) is 17.3. The van der Waals surface area contributed by atoms with Crippen LogP contribution in [0.5, 0.6) is 5.75 Å². The van der Waals surface area contributed by atoms with E-state index in [-0.39, 0.29) is 24.3 Å². The van der Waals surface area contributed by atoms with E-state index >= 15 is 0 Å². The highest BCUT2D eigenvalue weighted by molar-refractivity contribution is 5.85. The molecule has 2 rings (SSSR count). The second kappa shape index (κ2) is 7.46. The molecule has 1 amide bonds. The van der Waals surface area contributed by atoms with Crippen molar-refractivity contribution >= 4 is 11.9 Å².